The zero-order valence-corrected chi connectivity index (χ0v) is 11.9. The second-order valence-electron chi connectivity index (χ2n) is 6.31. The van der Waals surface area contributed by atoms with Crippen LogP contribution in [0.5, 0.6) is 0 Å². The molecule has 2 rings (SSSR count). The molecule has 1 saturated carbocycles. The van der Waals surface area contributed by atoms with Gasteiger partial charge in [0.2, 0.25) is 0 Å². The third kappa shape index (κ3) is 2.42. The predicted octanol–water partition coefficient (Wildman–Crippen LogP) is 2.35. The van der Waals surface area contributed by atoms with Crippen LogP contribution in [0, 0.1) is 17.3 Å². The van der Waals surface area contributed by atoms with E-state index in [1.807, 2.05) is 13.8 Å². The smallest absolute Gasteiger partial charge is 0.410 e. The lowest BCUT2D eigenvalue weighted by Crippen LogP contribution is -2.55. The zero-order valence-electron chi connectivity index (χ0n) is 11.9. The average molecular weight is 269 g/mol. The van der Waals surface area contributed by atoms with Crippen molar-refractivity contribution in [3.8, 4) is 0 Å². The summed E-state index contributed by atoms with van der Waals surface area (Å²) >= 11 is 0. The molecule has 2 fully saturated rings. The first-order chi connectivity index (χ1) is 8.85. The Morgan fingerprint density at radius 1 is 1.42 bits per heavy atom. The number of ether oxygens (including phenoxy) is 1. The molecule has 0 spiro atoms. The predicted molar refractivity (Wildman–Crippen MR) is 69.8 cm³/mol. The molecular formula is C14H23NO4. The molecule has 3 unspecified atom stereocenters. The summed E-state index contributed by atoms with van der Waals surface area (Å²) in [5.74, 6) is -0.913. The summed E-state index contributed by atoms with van der Waals surface area (Å²) in [6.07, 6.45) is 1.99. The lowest BCUT2D eigenvalue weighted by molar-refractivity contribution is -0.151. The average Bonchev–Trinajstić information content (AvgIpc) is 2.33. The SMILES string of the molecule is CC1C(N2CCCOC2=O)CCC(C(=O)O)C1(C)C. The molecule has 1 aliphatic heterocycles. The Kier molecular flexibility index (Phi) is 3.74. The van der Waals surface area contributed by atoms with Gasteiger partial charge >= 0.3 is 12.1 Å². The van der Waals surface area contributed by atoms with Crippen LogP contribution in [0.1, 0.15) is 40.0 Å². The largest absolute Gasteiger partial charge is 0.481 e. The van der Waals surface area contributed by atoms with Gasteiger partial charge in [-0.1, -0.05) is 20.8 Å². The van der Waals surface area contributed by atoms with E-state index in [9.17, 15) is 14.7 Å². The Morgan fingerprint density at radius 3 is 2.68 bits per heavy atom. The molecule has 1 amide bonds. The molecule has 3 atom stereocenters. The summed E-state index contributed by atoms with van der Waals surface area (Å²) in [7, 11) is 0. The highest BCUT2D eigenvalue weighted by Gasteiger charge is 2.49. The molecule has 0 radical (unpaired) electrons. The maximum Gasteiger partial charge on any atom is 0.410 e. The third-order valence-electron chi connectivity index (χ3n) is 5.10. The second-order valence-corrected chi connectivity index (χ2v) is 6.31. The third-order valence-corrected chi connectivity index (χ3v) is 5.10. The van der Waals surface area contributed by atoms with Crippen molar-refractivity contribution in [2.75, 3.05) is 13.2 Å². The highest BCUT2D eigenvalue weighted by Crippen LogP contribution is 2.46. The van der Waals surface area contributed by atoms with Crippen molar-refractivity contribution in [2.24, 2.45) is 17.3 Å². The van der Waals surface area contributed by atoms with Crippen LogP contribution in [-0.4, -0.2) is 41.3 Å². The van der Waals surface area contributed by atoms with Crippen LogP contribution in [0.4, 0.5) is 4.79 Å². The van der Waals surface area contributed by atoms with E-state index in [1.165, 1.54) is 0 Å². The lowest BCUT2D eigenvalue weighted by atomic mass is 9.60. The Labute approximate surface area is 113 Å². The van der Waals surface area contributed by atoms with Crippen LogP contribution >= 0.6 is 0 Å². The number of amides is 1. The minimum Gasteiger partial charge on any atom is -0.481 e. The van der Waals surface area contributed by atoms with E-state index >= 15 is 0 Å². The Morgan fingerprint density at radius 2 is 2.11 bits per heavy atom. The standard InChI is InChI=1S/C14H23NO4/c1-9-11(15-7-4-8-19-13(15)18)6-5-10(12(16)17)14(9,2)3/h9-11H,4-8H2,1-3H3,(H,16,17). The maximum absolute atomic E-state index is 11.9. The molecule has 1 N–H and O–H groups in total. The molecule has 1 aliphatic carbocycles. The van der Waals surface area contributed by atoms with Crippen molar-refractivity contribution in [3.63, 3.8) is 0 Å². The molecular weight excluding hydrogens is 246 g/mol. The number of rotatable bonds is 2. The van der Waals surface area contributed by atoms with Gasteiger partial charge in [-0.3, -0.25) is 4.79 Å². The van der Waals surface area contributed by atoms with E-state index in [4.69, 9.17) is 4.74 Å². The molecule has 5 nitrogen and oxygen atoms in total. The van der Waals surface area contributed by atoms with E-state index < -0.39 is 5.97 Å². The number of aliphatic carboxylic acids is 1. The first kappa shape index (κ1) is 14.2. The van der Waals surface area contributed by atoms with Crippen molar-refractivity contribution in [1.29, 1.82) is 0 Å². The van der Waals surface area contributed by atoms with Crippen LogP contribution in [0.2, 0.25) is 0 Å². The van der Waals surface area contributed by atoms with Crippen molar-refractivity contribution in [1.82, 2.24) is 4.90 Å². The quantitative estimate of drug-likeness (QED) is 0.835. The Bertz CT molecular complexity index is 380. The topological polar surface area (TPSA) is 66.8 Å². The van der Waals surface area contributed by atoms with Crippen molar-refractivity contribution in [2.45, 2.75) is 46.1 Å². The molecule has 0 aromatic rings. The molecule has 108 valence electrons. The number of carbonyl (C=O) groups excluding carboxylic acids is 1. The summed E-state index contributed by atoms with van der Waals surface area (Å²) < 4.78 is 5.11. The number of carbonyl (C=O) groups is 2. The highest BCUT2D eigenvalue weighted by atomic mass is 16.6. The van der Waals surface area contributed by atoms with E-state index in [0.717, 1.165) is 19.4 Å². The van der Waals surface area contributed by atoms with Crippen LogP contribution in [0.3, 0.4) is 0 Å². The van der Waals surface area contributed by atoms with E-state index in [-0.39, 0.29) is 29.4 Å². The van der Waals surface area contributed by atoms with Gasteiger partial charge in [0.25, 0.3) is 0 Å². The molecule has 1 heterocycles. The van der Waals surface area contributed by atoms with Gasteiger partial charge < -0.3 is 14.7 Å². The zero-order chi connectivity index (χ0) is 14.2. The highest BCUT2D eigenvalue weighted by molar-refractivity contribution is 5.72. The molecule has 0 bridgehead atoms. The summed E-state index contributed by atoms with van der Waals surface area (Å²) in [5.41, 5.74) is -0.313. The minimum absolute atomic E-state index is 0.0957. The van der Waals surface area contributed by atoms with Crippen LogP contribution < -0.4 is 0 Å². The van der Waals surface area contributed by atoms with Gasteiger partial charge in [0.15, 0.2) is 0 Å². The van der Waals surface area contributed by atoms with Crippen molar-refractivity contribution < 1.29 is 19.4 Å². The number of hydrogen-bond donors (Lipinski definition) is 1. The van der Waals surface area contributed by atoms with Crippen molar-refractivity contribution >= 4 is 12.1 Å². The second kappa shape index (κ2) is 5.02. The van der Waals surface area contributed by atoms with E-state index in [2.05, 4.69) is 6.92 Å². The summed E-state index contributed by atoms with van der Waals surface area (Å²) in [5, 5.41) is 9.34. The fourth-order valence-electron chi connectivity index (χ4n) is 3.51. The molecule has 0 aromatic heterocycles. The minimum atomic E-state index is -0.725. The van der Waals surface area contributed by atoms with Gasteiger partial charge in [-0.25, -0.2) is 4.79 Å². The van der Waals surface area contributed by atoms with Gasteiger partial charge in [0.05, 0.1) is 12.5 Å². The first-order valence-corrected chi connectivity index (χ1v) is 7.02. The van der Waals surface area contributed by atoms with Gasteiger partial charge in [0, 0.05) is 12.6 Å². The molecule has 2 aliphatic rings. The number of carboxylic acids is 1. The molecule has 5 heteroatoms. The maximum atomic E-state index is 11.9. The Balaban J connectivity index is 2.17. The number of nitrogens with zero attached hydrogens (tertiary/aromatic N) is 1. The summed E-state index contributed by atoms with van der Waals surface area (Å²) in [6, 6.07) is 0.0957. The molecule has 19 heavy (non-hydrogen) atoms. The monoisotopic (exact) mass is 269 g/mol. The van der Waals surface area contributed by atoms with E-state index in [1.54, 1.807) is 4.90 Å². The fourth-order valence-corrected chi connectivity index (χ4v) is 3.51. The summed E-state index contributed by atoms with van der Waals surface area (Å²) in [6.45, 7) is 7.27. The lowest BCUT2D eigenvalue weighted by Gasteiger charge is -2.49. The molecule has 1 saturated heterocycles. The van der Waals surface area contributed by atoms with Crippen molar-refractivity contribution in [3.05, 3.63) is 0 Å². The normalized spacial score (nSPS) is 34.8. The van der Waals surface area contributed by atoms with Gasteiger partial charge in [-0.2, -0.15) is 0 Å². The Hall–Kier alpha value is -1.26. The number of hydrogen-bond acceptors (Lipinski definition) is 3. The van der Waals surface area contributed by atoms with Gasteiger partial charge in [-0.15, -0.1) is 0 Å². The van der Waals surface area contributed by atoms with E-state index in [0.29, 0.717) is 13.0 Å². The van der Waals surface area contributed by atoms with Gasteiger partial charge in [0.1, 0.15) is 0 Å². The van der Waals surface area contributed by atoms with Crippen LogP contribution in [-0.2, 0) is 9.53 Å². The van der Waals surface area contributed by atoms with Crippen LogP contribution in [0.15, 0.2) is 0 Å². The fraction of sp³-hybridized carbons (Fsp3) is 0.857. The summed E-state index contributed by atoms with van der Waals surface area (Å²) in [4.78, 5) is 25.0. The first-order valence-electron chi connectivity index (χ1n) is 7.02. The van der Waals surface area contributed by atoms with Gasteiger partial charge in [-0.05, 0) is 30.6 Å². The molecule has 0 aromatic carbocycles. The van der Waals surface area contributed by atoms with Crippen LogP contribution in [0.25, 0.3) is 0 Å². The number of carboxylic acid groups (broad SMARTS) is 1. The number of cyclic esters (lactones) is 1.